The Morgan fingerprint density at radius 3 is 2.47 bits per heavy atom. The number of hydrogen-bond acceptors (Lipinski definition) is 4. The summed E-state index contributed by atoms with van der Waals surface area (Å²) in [6.45, 7) is 10.2. The first-order valence-electron chi connectivity index (χ1n) is 14.6. The monoisotopic (exact) mass is 463 g/mol. The Bertz CT molecular complexity index is 888. The number of carbonyl (C=O) groups excluding carboxylic acids is 1. The van der Waals surface area contributed by atoms with Crippen LogP contribution in [0.1, 0.15) is 85.5 Å². The molecule has 0 spiro atoms. The molecule has 186 valence electrons. The van der Waals surface area contributed by atoms with Crippen LogP contribution in [0, 0.1) is 81.8 Å². The third kappa shape index (κ3) is 3.42. The zero-order valence-electron chi connectivity index (χ0n) is 21.8. The fourth-order valence-corrected chi connectivity index (χ4v) is 10.6. The molecule has 0 aromatic heterocycles. The van der Waals surface area contributed by atoms with E-state index in [-0.39, 0.29) is 23.3 Å². The molecular formula is C30H45N3O. The van der Waals surface area contributed by atoms with Gasteiger partial charge in [0, 0.05) is 12.1 Å². The summed E-state index contributed by atoms with van der Waals surface area (Å²) in [6.07, 6.45) is 13.9. The quantitative estimate of drug-likeness (QED) is 0.501. The predicted molar refractivity (Wildman–Crippen MR) is 135 cm³/mol. The van der Waals surface area contributed by atoms with Crippen molar-refractivity contribution in [3.63, 3.8) is 0 Å². The summed E-state index contributed by atoms with van der Waals surface area (Å²) < 4.78 is 0. The number of hydrazone groups is 1. The molecule has 1 aliphatic heterocycles. The van der Waals surface area contributed by atoms with Gasteiger partial charge in [0.05, 0.1) is 18.7 Å². The molecule has 5 saturated carbocycles. The molecule has 1 heterocycles. The summed E-state index contributed by atoms with van der Waals surface area (Å²) in [5, 5.41) is 16.2. The van der Waals surface area contributed by atoms with Gasteiger partial charge in [0.25, 0.3) is 0 Å². The van der Waals surface area contributed by atoms with Crippen LogP contribution in [0.25, 0.3) is 0 Å². The van der Waals surface area contributed by atoms with Crippen LogP contribution in [-0.2, 0) is 4.79 Å². The van der Waals surface area contributed by atoms with Gasteiger partial charge in [0.2, 0.25) is 0 Å². The fourth-order valence-electron chi connectivity index (χ4n) is 10.6. The summed E-state index contributed by atoms with van der Waals surface area (Å²) in [7, 11) is 0. The van der Waals surface area contributed by atoms with E-state index in [0.717, 1.165) is 29.6 Å². The van der Waals surface area contributed by atoms with Crippen molar-refractivity contribution in [1.82, 2.24) is 5.01 Å². The normalized spacial score (nSPS) is 52.0. The van der Waals surface area contributed by atoms with Gasteiger partial charge in [-0.05, 0) is 110 Å². The lowest BCUT2D eigenvalue weighted by Gasteiger charge is -2.56. The van der Waals surface area contributed by atoms with Crippen molar-refractivity contribution in [1.29, 1.82) is 5.26 Å². The van der Waals surface area contributed by atoms with Crippen molar-refractivity contribution >= 4 is 12.0 Å². The van der Waals surface area contributed by atoms with E-state index in [4.69, 9.17) is 0 Å². The fraction of sp³-hybridized carbons (Fsp3) is 0.900. The second-order valence-electron chi connectivity index (χ2n) is 13.8. The first-order valence-corrected chi connectivity index (χ1v) is 14.6. The predicted octanol–water partition coefficient (Wildman–Crippen LogP) is 6.17. The highest BCUT2D eigenvalue weighted by atomic mass is 16.1. The van der Waals surface area contributed by atoms with E-state index in [2.05, 4.69) is 38.9 Å². The number of nitriles is 1. The van der Waals surface area contributed by atoms with Gasteiger partial charge in [-0.3, -0.25) is 9.80 Å². The molecule has 11 unspecified atom stereocenters. The summed E-state index contributed by atoms with van der Waals surface area (Å²) >= 11 is 0. The Kier molecular flexibility index (Phi) is 5.66. The molecule has 5 fully saturated rings. The average molecular weight is 464 g/mol. The minimum Gasteiger partial charge on any atom is -0.297 e. The van der Waals surface area contributed by atoms with Crippen molar-refractivity contribution in [3.05, 3.63) is 0 Å². The third-order valence-corrected chi connectivity index (χ3v) is 12.2. The van der Waals surface area contributed by atoms with Gasteiger partial charge in [-0.25, -0.2) is 0 Å². The molecular weight excluding hydrogens is 418 g/mol. The largest absolute Gasteiger partial charge is 0.297 e. The number of Topliss-reactive ketones (excluding diaryl/α,β-unsaturated/α-hetero) is 1. The number of fused-ring (bicyclic) bond motifs is 5. The summed E-state index contributed by atoms with van der Waals surface area (Å²) in [4.78, 5) is 14.0. The Labute approximate surface area is 206 Å². The highest BCUT2D eigenvalue weighted by molar-refractivity contribution is 5.85. The number of hydrogen-bond donors (Lipinski definition) is 0. The first kappa shape index (κ1) is 23.1. The Morgan fingerprint density at radius 1 is 1.00 bits per heavy atom. The molecule has 0 aromatic rings. The molecule has 0 saturated heterocycles. The van der Waals surface area contributed by atoms with E-state index in [9.17, 15) is 10.1 Å². The molecule has 12 atom stereocenters. The zero-order chi connectivity index (χ0) is 23.8. The van der Waals surface area contributed by atoms with Crippen molar-refractivity contribution < 1.29 is 4.79 Å². The van der Waals surface area contributed by atoms with Crippen LogP contribution in [0.3, 0.4) is 0 Å². The lowest BCUT2D eigenvalue weighted by atomic mass is 9.48. The maximum absolute atomic E-state index is 14.0. The molecule has 4 nitrogen and oxygen atoms in total. The number of rotatable bonds is 4. The number of ketones is 1. The van der Waals surface area contributed by atoms with E-state index in [0.29, 0.717) is 36.0 Å². The zero-order valence-corrected chi connectivity index (χ0v) is 21.8. The highest BCUT2D eigenvalue weighted by Crippen LogP contribution is 2.67. The van der Waals surface area contributed by atoms with Crippen LogP contribution in [-0.4, -0.2) is 29.6 Å². The maximum Gasteiger partial charge on any atom is 0.157 e. The molecule has 0 N–H and O–H groups in total. The summed E-state index contributed by atoms with van der Waals surface area (Å²) in [5.41, 5.74) is 0.138. The van der Waals surface area contributed by atoms with Gasteiger partial charge in [-0.1, -0.05) is 34.1 Å². The van der Waals surface area contributed by atoms with E-state index in [1.807, 2.05) is 5.01 Å². The van der Waals surface area contributed by atoms with Crippen molar-refractivity contribution in [2.75, 3.05) is 6.54 Å². The minimum absolute atomic E-state index is 0.131. The molecule has 0 radical (unpaired) electrons. The van der Waals surface area contributed by atoms with Gasteiger partial charge in [0.15, 0.2) is 5.78 Å². The van der Waals surface area contributed by atoms with Gasteiger partial charge >= 0.3 is 0 Å². The van der Waals surface area contributed by atoms with Gasteiger partial charge in [-0.2, -0.15) is 10.4 Å². The van der Waals surface area contributed by atoms with E-state index < -0.39 is 0 Å². The number of nitrogens with zero attached hydrogens (tertiary/aromatic N) is 3. The molecule has 6 rings (SSSR count). The summed E-state index contributed by atoms with van der Waals surface area (Å²) in [5.74, 6) is 7.32. The van der Waals surface area contributed by atoms with Crippen molar-refractivity contribution in [3.8, 4) is 6.07 Å². The topological polar surface area (TPSA) is 56.5 Å². The van der Waals surface area contributed by atoms with Crippen molar-refractivity contribution in [2.45, 2.75) is 91.5 Å². The minimum atomic E-state index is -0.146. The molecule has 0 amide bonds. The van der Waals surface area contributed by atoms with Gasteiger partial charge in [0.1, 0.15) is 5.92 Å². The summed E-state index contributed by atoms with van der Waals surface area (Å²) in [6, 6.07) is 2.56. The van der Waals surface area contributed by atoms with Crippen LogP contribution >= 0.6 is 0 Å². The van der Waals surface area contributed by atoms with Crippen LogP contribution in [0.5, 0.6) is 0 Å². The van der Waals surface area contributed by atoms with Crippen LogP contribution in [0.4, 0.5) is 0 Å². The van der Waals surface area contributed by atoms with E-state index >= 15 is 0 Å². The van der Waals surface area contributed by atoms with Crippen LogP contribution < -0.4 is 0 Å². The average Bonchev–Trinajstić information content (AvgIpc) is 3.53. The van der Waals surface area contributed by atoms with Gasteiger partial charge < -0.3 is 0 Å². The van der Waals surface area contributed by atoms with Crippen LogP contribution in [0.2, 0.25) is 0 Å². The van der Waals surface area contributed by atoms with E-state index in [1.165, 1.54) is 57.8 Å². The lowest BCUT2D eigenvalue weighted by molar-refractivity contribution is -0.133. The molecule has 0 bridgehead atoms. The Balaban J connectivity index is 1.22. The SMILES string of the molecule is CC1CCC2C(CCC3C2CCC2(C)C(C(=O)CN4N=CC(C#N)C4C4CC4)C(C)[C@@H](C)C32)C1. The second-order valence-corrected chi connectivity index (χ2v) is 13.8. The maximum atomic E-state index is 14.0. The third-order valence-electron chi connectivity index (χ3n) is 12.2. The molecule has 0 aromatic carbocycles. The van der Waals surface area contributed by atoms with Crippen LogP contribution in [0.15, 0.2) is 5.10 Å². The molecule has 6 aliphatic rings. The lowest BCUT2D eigenvalue weighted by Crippen LogP contribution is -2.51. The van der Waals surface area contributed by atoms with E-state index in [1.54, 1.807) is 6.21 Å². The number of carbonyl (C=O) groups is 1. The molecule has 5 aliphatic carbocycles. The molecule has 34 heavy (non-hydrogen) atoms. The molecule has 4 heteroatoms. The Morgan fingerprint density at radius 2 is 1.74 bits per heavy atom. The van der Waals surface area contributed by atoms with Crippen molar-refractivity contribution in [2.24, 2.45) is 75.6 Å². The Hall–Kier alpha value is -1.37. The standard InChI is InChI=1S/C30H45N3O/c1-17-5-9-23-21(13-17)8-10-25-24(23)11-12-30(4)27(25)18(2)19(3)28(30)26(34)16-33-29(20-6-7-20)22(14-31)15-32-33/h15,17-25,27-29H,5-13,16H2,1-4H3/t17?,18-,19?,21?,22?,23?,24?,25?,27?,28?,29?,30?/m1/s1. The second kappa shape index (κ2) is 8.35. The first-order chi connectivity index (χ1) is 16.3. The van der Waals surface area contributed by atoms with Gasteiger partial charge in [-0.15, -0.1) is 0 Å². The highest BCUT2D eigenvalue weighted by Gasteiger charge is 2.63. The smallest absolute Gasteiger partial charge is 0.157 e.